The summed E-state index contributed by atoms with van der Waals surface area (Å²) in [6, 6.07) is 7.57. The van der Waals surface area contributed by atoms with Gasteiger partial charge >= 0.3 is 0 Å². The van der Waals surface area contributed by atoms with E-state index in [-0.39, 0.29) is 0 Å². The van der Waals surface area contributed by atoms with Crippen molar-refractivity contribution in [3.63, 3.8) is 0 Å². The lowest BCUT2D eigenvalue weighted by atomic mass is 9.96. The van der Waals surface area contributed by atoms with Gasteiger partial charge in [-0.15, -0.1) is 0 Å². The zero-order chi connectivity index (χ0) is 15.2. The van der Waals surface area contributed by atoms with E-state index in [9.17, 15) is 8.42 Å². The van der Waals surface area contributed by atoms with Crippen LogP contribution in [0.25, 0.3) is 0 Å². The Kier molecular flexibility index (Phi) is 6.65. The fourth-order valence-corrected chi connectivity index (χ4v) is 3.18. The number of nitrogens with one attached hydrogen (secondary N) is 2. The second kappa shape index (κ2) is 7.76. The molecule has 1 atom stereocenters. The van der Waals surface area contributed by atoms with Crippen LogP contribution in [0, 0.1) is 5.92 Å². The van der Waals surface area contributed by atoms with Crippen LogP contribution in [0.1, 0.15) is 33.3 Å². The Bertz CT molecular complexity index is 495. The maximum Gasteiger partial charge on any atom is 0.240 e. The zero-order valence-electron chi connectivity index (χ0n) is 12.8. The van der Waals surface area contributed by atoms with Gasteiger partial charge < -0.3 is 5.32 Å². The molecule has 5 heteroatoms. The normalized spacial score (nSPS) is 13.7. The number of likely N-dealkylation sites (N-methyl/N-ethyl adjacent to an activating group) is 1. The molecule has 0 heterocycles. The van der Waals surface area contributed by atoms with Crippen molar-refractivity contribution in [1.82, 2.24) is 10.0 Å². The van der Waals surface area contributed by atoms with Gasteiger partial charge in [0.2, 0.25) is 10.0 Å². The Balaban J connectivity index is 2.81. The highest BCUT2D eigenvalue weighted by atomic mass is 32.2. The fraction of sp³-hybridized carbons (Fsp3) is 0.600. The first-order valence-electron chi connectivity index (χ1n) is 7.22. The van der Waals surface area contributed by atoms with Gasteiger partial charge in [0.15, 0.2) is 0 Å². The lowest BCUT2D eigenvalue weighted by Crippen LogP contribution is -2.35. The minimum absolute atomic E-state index is 0.327. The molecule has 1 aromatic rings. The lowest BCUT2D eigenvalue weighted by molar-refractivity contribution is 0.405. The van der Waals surface area contributed by atoms with Crippen LogP contribution in [0.2, 0.25) is 0 Å². The second-order valence-corrected chi connectivity index (χ2v) is 7.02. The fourth-order valence-electron chi connectivity index (χ4n) is 2.14. The summed E-state index contributed by atoms with van der Waals surface area (Å²) in [7, 11) is -3.35. The van der Waals surface area contributed by atoms with Gasteiger partial charge in [-0.25, -0.2) is 13.1 Å². The number of sulfonamides is 1. The van der Waals surface area contributed by atoms with E-state index in [4.69, 9.17) is 0 Å². The lowest BCUT2D eigenvalue weighted by Gasteiger charge is -2.21. The summed E-state index contributed by atoms with van der Waals surface area (Å²) in [5.41, 5.74) is 1.15. The molecule has 20 heavy (non-hydrogen) atoms. The minimum atomic E-state index is -3.35. The third kappa shape index (κ3) is 4.89. The van der Waals surface area contributed by atoms with Gasteiger partial charge in [-0.1, -0.05) is 39.8 Å². The average Bonchev–Trinajstić information content (AvgIpc) is 2.38. The van der Waals surface area contributed by atoms with Crippen molar-refractivity contribution < 1.29 is 8.42 Å². The smallest absolute Gasteiger partial charge is 0.240 e. The Hall–Kier alpha value is -0.910. The number of rotatable bonds is 8. The van der Waals surface area contributed by atoms with E-state index in [1.54, 1.807) is 19.1 Å². The van der Waals surface area contributed by atoms with E-state index in [2.05, 4.69) is 30.8 Å². The summed E-state index contributed by atoms with van der Waals surface area (Å²) in [6.45, 7) is 9.60. The van der Waals surface area contributed by atoms with E-state index >= 15 is 0 Å². The minimum Gasteiger partial charge on any atom is -0.314 e. The van der Waals surface area contributed by atoms with Gasteiger partial charge in [0.05, 0.1) is 4.90 Å². The molecule has 0 aliphatic carbocycles. The van der Waals surface area contributed by atoms with Gasteiger partial charge in [-0.3, -0.25) is 0 Å². The second-order valence-electron chi connectivity index (χ2n) is 5.26. The van der Waals surface area contributed by atoms with Crippen LogP contribution < -0.4 is 10.0 Å². The van der Waals surface area contributed by atoms with Gasteiger partial charge in [0, 0.05) is 12.6 Å². The van der Waals surface area contributed by atoms with E-state index in [1.807, 2.05) is 12.1 Å². The maximum atomic E-state index is 11.9. The summed E-state index contributed by atoms with van der Waals surface area (Å²) in [6.07, 6.45) is 0.910. The predicted octanol–water partition coefficient (Wildman–Crippen LogP) is 2.16. The molecule has 4 nitrogen and oxygen atoms in total. The molecule has 0 bridgehead atoms. The molecule has 0 aliphatic rings. The molecule has 1 aromatic carbocycles. The molecule has 114 valence electrons. The predicted molar refractivity (Wildman–Crippen MR) is 83.3 cm³/mol. The summed E-state index contributed by atoms with van der Waals surface area (Å²) in [5, 5.41) is 3.47. The Labute approximate surface area is 123 Å². The Morgan fingerprint density at radius 3 is 2.10 bits per heavy atom. The van der Waals surface area contributed by atoms with Crippen LogP contribution in [0.4, 0.5) is 0 Å². The first kappa shape index (κ1) is 17.1. The molecular weight excluding hydrogens is 272 g/mol. The van der Waals surface area contributed by atoms with Crippen LogP contribution in [0.15, 0.2) is 29.2 Å². The van der Waals surface area contributed by atoms with Crippen LogP contribution >= 0.6 is 0 Å². The monoisotopic (exact) mass is 298 g/mol. The van der Waals surface area contributed by atoms with Crippen LogP contribution in [0.3, 0.4) is 0 Å². The maximum absolute atomic E-state index is 11.9. The summed E-state index contributed by atoms with van der Waals surface area (Å²) in [4.78, 5) is 0.327. The highest BCUT2D eigenvalue weighted by molar-refractivity contribution is 7.89. The standard InChI is InChI=1S/C15H26N2O2S/c1-5-16-15(12(3)4)11-13-7-9-14(10-8-13)20(18,19)17-6-2/h7-10,12,15-17H,5-6,11H2,1-4H3. The van der Waals surface area contributed by atoms with Crippen LogP contribution in [-0.4, -0.2) is 27.5 Å². The molecule has 1 unspecified atom stereocenters. The van der Waals surface area contributed by atoms with Crippen molar-refractivity contribution in [3.05, 3.63) is 29.8 Å². The van der Waals surface area contributed by atoms with Gasteiger partial charge in [0.25, 0.3) is 0 Å². The molecule has 0 radical (unpaired) electrons. The third-order valence-corrected chi connectivity index (χ3v) is 4.86. The van der Waals surface area contributed by atoms with E-state index in [0.717, 1.165) is 18.5 Å². The molecule has 0 saturated heterocycles. The average molecular weight is 298 g/mol. The van der Waals surface area contributed by atoms with Crippen molar-refractivity contribution in [2.45, 2.75) is 45.1 Å². The van der Waals surface area contributed by atoms with Gasteiger partial charge in [-0.2, -0.15) is 0 Å². The summed E-state index contributed by atoms with van der Waals surface area (Å²) in [5.74, 6) is 0.542. The van der Waals surface area contributed by atoms with Crippen molar-refractivity contribution in [2.24, 2.45) is 5.92 Å². The molecule has 0 fully saturated rings. The van der Waals surface area contributed by atoms with Crippen molar-refractivity contribution in [1.29, 1.82) is 0 Å². The molecule has 2 N–H and O–H groups in total. The van der Waals surface area contributed by atoms with Crippen molar-refractivity contribution in [2.75, 3.05) is 13.1 Å². The SMILES string of the molecule is CCNC(Cc1ccc(S(=O)(=O)NCC)cc1)C(C)C. The quantitative estimate of drug-likeness (QED) is 0.773. The van der Waals surface area contributed by atoms with Gasteiger partial charge in [-0.05, 0) is 36.6 Å². The molecular formula is C15H26N2O2S. The number of benzene rings is 1. The topological polar surface area (TPSA) is 58.2 Å². The largest absolute Gasteiger partial charge is 0.314 e. The first-order valence-corrected chi connectivity index (χ1v) is 8.71. The molecule has 0 amide bonds. The highest BCUT2D eigenvalue weighted by Crippen LogP contribution is 2.14. The first-order chi connectivity index (χ1) is 9.40. The molecule has 0 saturated carbocycles. The van der Waals surface area contributed by atoms with Crippen molar-refractivity contribution >= 4 is 10.0 Å². The van der Waals surface area contributed by atoms with E-state index in [0.29, 0.717) is 23.4 Å². The highest BCUT2D eigenvalue weighted by Gasteiger charge is 2.15. The van der Waals surface area contributed by atoms with E-state index < -0.39 is 10.0 Å². The van der Waals surface area contributed by atoms with Gasteiger partial charge in [0.1, 0.15) is 0 Å². The molecule has 1 rings (SSSR count). The zero-order valence-corrected chi connectivity index (χ0v) is 13.6. The third-order valence-electron chi connectivity index (χ3n) is 3.29. The summed E-state index contributed by atoms with van der Waals surface area (Å²) >= 11 is 0. The molecule has 0 aromatic heterocycles. The molecule has 0 spiro atoms. The molecule has 0 aliphatic heterocycles. The number of hydrogen-bond donors (Lipinski definition) is 2. The number of hydrogen-bond acceptors (Lipinski definition) is 3. The van der Waals surface area contributed by atoms with E-state index in [1.165, 1.54) is 0 Å². The Morgan fingerprint density at radius 2 is 1.65 bits per heavy atom. The van der Waals surface area contributed by atoms with Crippen LogP contribution in [-0.2, 0) is 16.4 Å². The van der Waals surface area contributed by atoms with Crippen molar-refractivity contribution in [3.8, 4) is 0 Å². The summed E-state index contributed by atoms with van der Waals surface area (Å²) < 4.78 is 26.2. The Morgan fingerprint density at radius 1 is 1.05 bits per heavy atom. The van der Waals surface area contributed by atoms with Crippen LogP contribution in [0.5, 0.6) is 0 Å².